The van der Waals surface area contributed by atoms with Crippen LogP contribution in [0, 0.1) is 23.7 Å². The van der Waals surface area contributed by atoms with Crippen LogP contribution in [-0.2, 0) is 14.3 Å². The van der Waals surface area contributed by atoms with E-state index in [1.807, 2.05) is 0 Å². The lowest BCUT2D eigenvalue weighted by Gasteiger charge is -2.33. The average molecular weight is 234 g/mol. The van der Waals surface area contributed by atoms with E-state index in [9.17, 15) is 4.79 Å². The molecule has 1 aliphatic heterocycles. The smallest absolute Gasteiger partial charge is 0.305 e. The summed E-state index contributed by atoms with van der Waals surface area (Å²) in [5, 5.41) is 0. The third-order valence-corrected chi connectivity index (χ3v) is 5.42. The summed E-state index contributed by atoms with van der Waals surface area (Å²) in [4.78, 5) is 11.2. The molecule has 17 heavy (non-hydrogen) atoms. The predicted octanol–water partition coefficient (Wildman–Crippen LogP) is 1.92. The van der Waals surface area contributed by atoms with Gasteiger partial charge in [0.15, 0.2) is 0 Å². The third kappa shape index (κ3) is 1.09. The number of carbonyl (C=O) groups excluding carboxylic acids is 1. The molecule has 1 spiro atoms. The second kappa shape index (κ2) is 3.14. The van der Waals surface area contributed by atoms with Crippen LogP contribution in [0.3, 0.4) is 0 Å². The quantitative estimate of drug-likeness (QED) is 0.553. The van der Waals surface area contributed by atoms with Crippen molar-refractivity contribution in [3.8, 4) is 0 Å². The van der Waals surface area contributed by atoms with Crippen LogP contribution in [0.2, 0.25) is 0 Å². The van der Waals surface area contributed by atoms with E-state index in [4.69, 9.17) is 9.47 Å². The van der Waals surface area contributed by atoms with Crippen LogP contribution in [0.5, 0.6) is 0 Å². The first-order valence-corrected chi connectivity index (χ1v) is 6.68. The van der Waals surface area contributed by atoms with Gasteiger partial charge in [0.05, 0.1) is 12.7 Å². The maximum Gasteiger partial charge on any atom is 0.305 e. The Morgan fingerprint density at radius 1 is 1.65 bits per heavy atom. The summed E-state index contributed by atoms with van der Waals surface area (Å²) < 4.78 is 10.8. The summed E-state index contributed by atoms with van der Waals surface area (Å²) >= 11 is 0. The molecule has 4 aliphatic rings. The van der Waals surface area contributed by atoms with Crippen LogP contribution in [-0.4, -0.2) is 25.3 Å². The molecule has 1 saturated heterocycles. The summed E-state index contributed by atoms with van der Waals surface area (Å²) in [7, 11) is 1.46. The fraction of sp³-hybridized carbons (Fsp3) is 0.786. The number of fused-ring (bicyclic) bond motifs is 1. The zero-order valence-corrected chi connectivity index (χ0v) is 10.1. The third-order valence-electron chi connectivity index (χ3n) is 5.42. The lowest BCUT2D eigenvalue weighted by molar-refractivity contribution is -0.140. The van der Waals surface area contributed by atoms with Gasteiger partial charge in [-0.15, -0.1) is 0 Å². The maximum absolute atomic E-state index is 11.2. The van der Waals surface area contributed by atoms with Crippen molar-refractivity contribution in [1.29, 1.82) is 0 Å². The Labute approximate surface area is 101 Å². The fourth-order valence-corrected chi connectivity index (χ4v) is 4.81. The van der Waals surface area contributed by atoms with E-state index in [2.05, 4.69) is 6.08 Å². The van der Waals surface area contributed by atoms with Crippen molar-refractivity contribution in [2.45, 2.75) is 31.3 Å². The Kier molecular flexibility index (Phi) is 1.87. The topological polar surface area (TPSA) is 35.5 Å². The number of esters is 1. The van der Waals surface area contributed by atoms with Crippen molar-refractivity contribution in [2.75, 3.05) is 13.7 Å². The van der Waals surface area contributed by atoms with E-state index in [-0.39, 0.29) is 11.6 Å². The second-order valence-corrected chi connectivity index (χ2v) is 5.91. The molecule has 3 nitrogen and oxygen atoms in total. The standard InChI is InChI=1S/C14H18O3/c1-16-12(15)3-2-8-6-10-11-7-9-4-5-17-14(10,11)13(8)9/h6,9-11,13H,2-5,7H2,1H3. The summed E-state index contributed by atoms with van der Waals surface area (Å²) in [6, 6.07) is 0. The van der Waals surface area contributed by atoms with Crippen LogP contribution < -0.4 is 0 Å². The minimum Gasteiger partial charge on any atom is -0.469 e. The normalized spacial score (nSPS) is 48.6. The van der Waals surface area contributed by atoms with Crippen molar-refractivity contribution in [3.63, 3.8) is 0 Å². The number of hydrogen-bond donors (Lipinski definition) is 0. The summed E-state index contributed by atoms with van der Waals surface area (Å²) in [6.07, 6.45) is 6.39. The van der Waals surface area contributed by atoms with Crippen molar-refractivity contribution >= 4 is 5.97 Å². The van der Waals surface area contributed by atoms with Crippen molar-refractivity contribution in [1.82, 2.24) is 0 Å². The molecule has 5 atom stereocenters. The summed E-state index contributed by atoms with van der Waals surface area (Å²) in [6.45, 7) is 0.951. The Bertz CT molecular complexity index is 414. The van der Waals surface area contributed by atoms with E-state index in [1.54, 1.807) is 0 Å². The van der Waals surface area contributed by atoms with E-state index in [0.29, 0.717) is 18.3 Å². The van der Waals surface area contributed by atoms with Gasteiger partial charge in [-0.1, -0.05) is 11.6 Å². The molecule has 3 fully saturated rings. The molecule has 0 aromatic rings. The van der Waals surface area contributed by atoms with Crippen molar-refractivity contribution < 1.29 is 14.3 Å². The highest BCUT2D eigenvalue weighted by Gasteiger charge is 2.78. The zero-order chi connectivity index (χ0) is 11.6. The van der Waals surface area contributed by atoms with Crippen molar-refractivity contribution in [2.24, 2.45) is 23.7 Å². The molecule has 0 radical (unpaired) electrons. The number of ether oxygens (including phenoxy) is 2. The number of methoxy groups -OCH3 is 1. The van der Waals surface area contributed by atoms with Gasteiger partial charge in [-0.25, -0.2) is 0 Å². The molecular formula is C14H18O3. The summed E-state index contributed by atoms with van der Waals surface area (Å²) in [5.41, 5.74) is 1.69. The van der Waals surface area contributed by atoms with Crippen LogP contribution in [0.1, 0.15) is 25.7 Å². The molecule has 2 bridgehead atoms. The minimum atomic E-state index is -0.0930. The first-order valence-electron chi connectivity index (χ1n) is 6.68. The Morgan fingerprint density at radius 2 is 2.53 bits per heavy atom. The van der Waals surface area contributed by atoms with Gasteiger partial charge >= 0.3 is 5.97 Å². The minimum absolute atomic E-state index is 0.0930. The van der Waals surface area contributed by atoms with Crippen LogP contribution >= 0.6 is 0 Å². The molecule has 3 aliphatic carbocycles. The summed E-state index contributed by atoms with van der Waals surface area (Å²) in [5.74, 6) is 2.86. The molecule has 0 aromatic carbocycles. The highest BCUT2D eigenvalue weighted by atomic mass is 16.5. The molecule has 3 heteroatoms. The SMILES string of the molecule is COC(=O)CCC1=CC2C3CC4CCOC23C14. The molecule has 2 saturated carbocycles. The van der Waals surface area contributed by atoms with Gasteiger partial charge in [0.2, 0.25) is 0 Å². The first kappa shape index (κ1) is 10.1. The van der Waals surface area contributed by atoms with Gasteiger partial charge in [0.25, 0.3) is 0 Å². The Balaban J connectivity index is 1.53. The molecule has 0 N–H and O–H groups in total. The van der Waals surface area contributed by atoms with Gasteiger partial charge in [-0.3, -0.25) is 4.79 Å². The molecule has 1 heterocycles. The largest absolute Gasteiger partial charge is 0.469 e. The van der Waals surface area contributed by atoms with Gasteiger partial charge < -0.3 is 9.47 Å². The maximum atomic E-state index is 11.2. The van der Waals surface area contributed by atoms with E-state index < -0.39 is 0 Å². The number of hydrogen-bond acceptors (Lipinski definition) is 3. The average Bonchev–Trinajstić information content (AvgIpc) is 2.74. The molecule has 5 unspecified atom stereocenters. The molecule has 92 valence electrons. The monoisotopic (exact) mass is 234 g/mol. The van der Waals surface area contributed by atoms with E-state index >= 15 is 0 Å². The molecular weight excluding hydrogens is 216 g/mol. The second-order valence-electron chi connectivity index (χ2n) is 5.91. The lowest BCUT2D eigenvalue weighted by atomic mass is 9.81. The van der Waals surface area contributed by atoms with E-state index in [1.165, 1.54) is 25.5 Å². The lowest BCUT2D eigenvalue weighted by Crippen LogP contribution is -2.34. The predicted molar refractivity (Wildman–Crippen MR) is 61.2 cm³/mol. The van der Waals surface area contributed by atoms with Gasteiger partial charge in [0, 0.05) is 24.9 Å². The van der Waals surface area contributed by atoms with Crippen LogP contribution in [0.25, 0.3) is 0 Å². The van der Waals surface area contributed by atoms with Gasteiger partial charge in [-0.05, 0) is 31.1 Å². The van der Waals surface area contributed by atoms with Crippen molar-refractivity contribution in [3.05, 3.63) is 11.6 Å². The Morgan fingerprint density at radius 3 is 3.35 bits per heavy atom. The fourth-order valence-electron chi connectivity index (χ4n) is 4.81. The van der Waals surface area contributed by atoms with Gasteiger partial charge in [0.1, 0.15) is 0 Å². The molecule has 0 aromatic heterocycles. The molecule has 0 amide bonds. The van der Waals surface area contributed by atoms with Crippen LogP contribution in [0.4, 0.5) is 0 Å². The number of rotatable bonds is 3. The van der Waals surface area contributed by atoms with Crippen LogP contribution in [0.15, 0.2) is 11.6 Å². The number of carbonyl (C=O) groups is 1. The van der Waals surface area contributed by atoms with E-state index in [0.717, 1.165) is 24.9 Å². The zero-order valence-electron chi connectivity index (χ0n) is 10.1. The molecule has 4 rings (SSSR count). The highest BCUT2D eigenvalue weighted by Crippen LogP contribution is 2.76. The highest BCUT2D eigenvalue weighted by molar-refractivity contribution is 5.69. The van der Waals surface area contributed by atoms with Gasteiger partial charge in [-0.2, -0.15) is 0 Å². The Hall–Kier alpha value is -0.830. The first-order chi connectivity index (χ1) is 8.27.